The van der Waals surface area contributed by atoms with Crippen LogP contribution in [0.25, 0.3) is 0 Å². The molecule has 0 spiro atoms. The van der Waals surface area contributed by atoms with Gasteiger partial charge in [-0.25, -0.2) is 0 Å². The van der Waals surface area contributed by atoms with Gasteiger partial charge >= 0.3 is 0 Å². The fourth-order valence-electron chi connectivity index (χ4n) is 3.05. The number of aromatic hydroxyl groups is 3. The number of rotatable bonds is 0. The molecule has 0 bridgehead atoms. The van der Waals surface area contributed by atoms with E-state index in [2.05, 4.69) is 18.2 Å². The van der Waals surface area contributed by atoms with E-state index in [0.29, 0.717) is 17.2 Å². The molecule has 162 valence electrons. The van der Waals surface area contributed by atoms with E-state index in [1.165, 1.54) is 0 Å². The lowest BCUT2D eigenvalue weighted by atomic mass is 10.1. The predicted molar refractivity (Wildman–Crippen MR) is 127 cm³/mol. The standard InChI is InChI=1S/3C9H12O/c3*1-6-4-7(2)8(3)9(10)5-6/h3*4-5,10H,1-3H3. The van der Waals surface area contributed by atoms with Crippen LogP contribution < -0.4 is 0 Å². The third-order valence-electron chi connectivity index (χ3n) is 5.35. The Morgan fingerprint density at radius 1 is 0.367 bits per heavy atom. The first-order valence-corrected chi connectivity index (χ1v) is 10.1. The zero-order chi connectivity index (χ0) is 23.2. The maximum Gasteiger partial charge on any atom is 0.119 e. The summed E-state index contributed by atoms with van der Waals surface area (Å²) in [6.07, 6.45) is 0. The van der Waals surface area contributed by atoms with Crippen LogP contribution in [0.3, 0.4) is 0 Å². The molecule has 3 heteroatoms. The molecule has 0 aromatic heterocycles. The van der Waals surface area contributed by atoms with E-state index in [1.54, 1.807) is 18.2 Å². The zero-order valence-corrected chi connectivity index (χ0v) is 19.8. The summed E-state index contributed by atoms with van der Waals surface area (Å²) in [6, 6.07) is 11.5. The summed E-state index contributed by atoms with van der Waals surface area (Å²) >= 11 is 0. The quantitative estimate of drug-likeness (QED) is 0.377. The van der Waals surface area contributed by atoms with Crippen LogP contribution in [0.5, 0.6) is 17.2 Å². The minimum absolute atomic E-state index is 0.400. The van der Waals surface area contributed by atoms with Gasteiger partial charge < -0.3 is 15.3 Å². The fraction of sp³-hybridized carbons (Fsp3) is 0.333. The second-order valence-electron chi connectivity index (χ2n) is 8.18. The van der Waals surface area contributed by atoms with Crippen molar-refractivity contribution in [2.45, 2.75) is 62.3 Å². The van der Waals surface area contributed by atoms with E-state index < -0.39 is 0 Å². The van der Waals surface area contributed by atoms with Gasteiger partial charge in [0, 0.05) is 0 Å². The molecule has 3 rings (SSSR count). The van der Waals surface area contributed by atoms with Crippen molar-refractivity contribution in [3.8, 4) is 17.2 Å². The van der Waals surface area contributed by atoms with E-state index in [9.17, 15) is 15.3 Å². The van der Waals surface area contributed by atoms with Gasteiger partial charge in [-0.3, -0.25) is 0 Å². The molecule has 0 saturated carbocycles. The predicted octanol–water partition coefficient (Wildman–Crippen LogP) is 6.95. The molecule has 0 fully saturated rings. The van der Waals surface area contributed by atoms with Crippen molar-refractivity contribution in [1.29, 1.82) is 0 Å². The van der Waals surface area contributed by atoms with Crippen molar-refractivity contribution in [1.82, 2.24) is 0 Å². The van der Waals surface area contributed by atoms with Crippen LogP contribution in [-0.2, 0) is 0 Å². The zero-order valence-electron chi connectivity index (χ0n) is 19.8. The maximum absolute atomic E-state index is 9.28. The molecule has 3 nitrogen and oxygen atoms in total. The number of aryl methyl sites for hydroxylation is 6. The van der Waals surface area contributed by atoms with Crippen molar-refractivity contribution in [3.05, 3.63) is 86.5 Å². The second kappa shape index (κ2) is 10.7. The summed E-state index contributed by atoms with van der Waals surface area (Å²) in [5.41, 5.74) is 9.72. The molecule has 0 saturated heterocycles. The van der Waals surface area contributed by atoms with E-state index >= 15 is 0 Å². The Morgan fingerprint density at radius 2 is 0.567 bits per heavy atom. The van der Waals surface area contributed by atoms with Crippen LogP contribution in [0, 0.1) is 62.3 Å². The average Bonchev–Trinajstić information content (AvgIpc) is 2.63. The van der Waals surface area contributed by atoms with Crippen LogP contribution in [0.1, 0.15) is 50.1 Å². The van der Waals surface area contributed by atoms with Gasteiger partial charge in [-0.15, -0.1) is 0 Å². The molecule has 3 aromatic carbocycles. The molecule has 0 unspecified atom stereocenters. The number of benzene rings is 3. The van der Waals surface area contributed by atoms with Crippen molar-refractivity contribution < 1.29 is 15.3 Å². The molecule has 3 N–H and O–H groups in total. The molecule has 0 heterocycles. The first-order valence-electron chi connectivity index (χ1n) is 10.1. The molecule has 30 heavy (non-hydrogen) atoms. The van der Waals surface area contributed by atoms with Crippen LogP contribution in [0.15, 0.2) is 36.4 Å². The van der Waals surface area contributed by atoms with Gasteiger partial charge in [-0.1, -0.05) is 18.2 Å². The highest BCUT2D eigenvalue weighted by atomic mass is 16.3. The summed E-state index contributed by atoms with van der Waals surface area (Å²) < 4.78 is 0. The second-order valence-corrected chi connectivity index (χ2v) is 8.18. The van der Waals surface area contributed by atoms with Crippen LogP contribution in [0.4, 0.5) is 0 Å². The Bertz CT molecular complexity index is 816. The van der Waals surface area contributed by atoms with Gasteiger partial charge in [-0.2, -0.15) is 0 Å². The smallest absolute Gasteiger partial charge is 0.119 e. The van der Waals surface area contributed by atoms with Gasteiger partial charge in [0.05, 0.1) is 0 Å². The van der Waals surface area contributed by atoms with Crippen LogP contribution in [0.2, 0.25) is 0 Å². The Balaban J connectivity index is 0.000000225. The number of phenolic OH excluding ortho intramolecular Hbond substituents is 3. The van der Waals surface area contributed by atoms with Gasteiger partial charge in [-0.05, 0) is 131 Å². The minimum atomic E-state index is 0.400. The summed E-state index contributed by atoms with van der Waals surface area (Å²) in [7, 11) is 0. The van der Waals surface area contributed by atoms with E-state index in [1.807, 2.05) is 62.3 Å². The van der Waals surface area contributed by atoms with Gasteiger partial charge in [0.15, 0.2) is 0 Å². The Labute approximate surface area is 181 Å². The van der Waals surface area contributed by atoms with Crippen molar-refractivity contribution in [2.75, 3.05) is 0 Å². The lowest BCUT2D eigenvalue weighted by Crippen LogP contribution is -1.82. The molecule has 0 radical (unpaired) electrons. The fourth-order valence-corrected chi connectivity index (χ4v) is 3.05. The first-order chi connectivity index (χ1) is 13.8. The van der Waals surface area contributed by atoms with E-state index in [4.69, 9.17) is 0 Å². The highest BCUT2D eigenvalue weighted by Gasteiger charge is 2.00. The van der Waals surface area contributed by atoms with Gasteiger partial charge in [0.25, 0.3) is 0 Å². The lowest BCUT2D eigenvalue weighted by molar-refractivity contribution is 0.469. The molecule has 0 atom stereocenters. The van der Waals surface area contributed by atoms with Crippen molar-refractivity contribution in [2.24, 2.45) is 0 Å². The average molecular weight is 409 g/mol. The summed E-state index contributed by atoms with van der Waals surface area (Å²) in [4.78, 5) is 0. The third kappa shape index (κ3) is 7.14. The minimum Gasteiger partial charge on any atom is -0.508 e. The largest absolute Gasteiger partial charge is 0.508 e. The topological polar surface area (TPSA) is 60.7 Å². The number of hydrogen-bond acceptors (Lipinski definition) is 3. The van der Waals surface area contributed by atoms with Gasteiger partial charge in [0.2, 0.25) is 0 Å². The molecular formula is C27H36O3. The summed E-state index contributed by atoms with van der Waals surface area (Å²) in [5, 5.41) is 27.8. The third-order valence-corrected chi connectivity index (χ3v) is 5.35. The lowest BCUT2D eigenvalue weighted by Gasteiger charge is -2.03. The molecule has 0 aliphatic carbocycles. The molecule has 0 aliphatic rings. The number of phenols is 3. The Hall–Kier alpha value is -2.94. The van der Waals surface area contributed by atoms with Crippen molar-refractivity contribution >= 4 is 0 Å². The summed E-state index contributed by atoms with van der Waals surface area (Å²) in [6.45, 7) is 17.7. The SMILES string of the molecule is Cc1cc(C)c(C)c(O)c1.Cc1cc(C)c(C)c(O)c1.Cc1cc(C)c(C)c(O)c1. The summed E-state index contributed by atoms with van der Waals surface area (Å²) in [5.74, 6) is 1.20. The van der Waals surface area contributed by atoms with E-state index in [0.717, 1.165) is 50.1 Å². The number of hydrogen-bond donors (Lipinski definition) is 3. The molecular weight excluding hydrogens is 372 g/mol. The van der Waals surface area contributed by atoms with Crippen LogP contribution in [-0.4, -0.2) is 15.3 Å². The maximum atomic E-state index is 9.28. The highest BCUT2D eigenvalue weighted by molar-refractivity contribution is 5.42. The molecule has 3 aromatic rings. The highest BCUT2D eigenvalue weighted by Crippen LogP contribution is 2.22. The van der Waals surface area contributed by atoms with Crippen molar-refractivity contribution in [3.63, 3.8) is 0 Å². The molecule has 0 amide bonds. The van der Waals surface area contributed by atoms with Crippen LogP contribution >= 0.6 is 0 Å². The van der Waals surface area contributed by atoms with Gasteiger partial charge in [0.1, 0.15) is 17.2 Å². The monoisotopic (exact) mass is 408 g/mol. The normalized spacial score (nSPS) is 9.90. The van der Waals surface area contributed by atoms with E-state index in [-0.39, 0.29) is 0 Å². The first kappa shape index (κ1) is 25.1. The molecule has 0 aliphatic heterocycles. The Kier molecular flexibility index (Phi) is 8.97. The Morgan fingerprint density at radius 3 is 0.733 bits per heavy atom.